The van der Waals surface area contributed by atoms with E-state index in [2.05, 4.69) is 0 Å². The van der Waals surface area contributed by atoms with Crippen LogP contribution >= 0.6 is 0 Å². The third-order valence-corrected chi connectivity index (χ3v) is 5.70. The molecule has 0 aromatic heterocycles. The molecule has 0 aromatic rings. The van der Waals surface area contributed by atoms with Gasteiger partial charge in [-0.2, -0.15) is 8.42 Å². The van der Waals surface area contributed by atoms with Gasteiger partial charge >= 0.3 is 8.80 Å². The maximum absolute atomic E-state index is 10.4. The van der Waals surface area contributed by atoms with Gasteiger partial charge in [-0.15, -0.1) is 0 Å². The fraction of sp³-hybridized carbons (Fsp3) is 1.00. The van der Waals surface area contributed by atoms with Gasteiger partial charge in [0.2, 0.25) is 0 Å². The van der Waals surface area contributed by atoms with Crippen molar-refractivity contribution in [2.45, 2.75) is 18.9 Å². The third-order valence-electron chi connectivity index (χ3n) is 2.07. The minimum absolute atomic E-state index is 0.241. The Morgan fingerprint density at radius 2 is 1.53 bits per heavy atom. The summed E-state index contributed by atoms with van der Waals surface area (Å²) >= 11 is 0. The monoisotopic (exact) mass is 258 g/mol. The first-order chi connectivity index (χ1) is 6.89. The second kappa shape index (κ2) is 6.56. The van der Waals surface area contributed by atoms with Gasteiger partial charge in [-0.3, -0.25) is 4.55 Å². The molecule has 8 heteroatoms. The summed E-state index contributed by atoms with van der Waals surface area (Å²) in [4.78, 5) is 0. The lowest BCUT2D eigenvalue weighted by atomic mass is 10.4. The fourth-order valence-corrected chi connectivity index (χ4v) is 3.55. The van der Waals surface area contributed by atoms with E-state index in [1.807, 2.05) is 0 Å². The van der Waals surface area contributed by atoms with Crippen molar-refractivity contribution < 1.29 is 26.2 Å². The molecule has 1 N–H and O–H groups in total. The first-order valence-electron chi connectivity index (χ1n) is 4.50. The molecule has 0 saturated carbocycles. The maximum Gasteiger partial charge on any atom is 0.500 e. The molecule has 15 heavy (non-hydrogen) atoms. The highest BCUT2D eigenvalue weighted by atomic mass is 32.2. The predicted molar refractivity (Wildman–Crippen MR) is 57.2 cm³/mol. The first kappa shape index (κ1) is 15.0. The van der Waals surface area contributed by atoms with E-state index in [0.29, 0.717) is 18.9 Å². The Labute approximate surface area is 91.6 Å². The molecule has 92 valence electrons. The zero-order valence-electron chi connectivity index (χ0n) is 9.23. The van der Waals surface area contributed by atoms with E-state index in [4.69, 9.17) is 17.8 Å². The Morgan fingerprint density at radius 1 is 1.07 bits per heavy atom. The molecule has 0 spiro atoms. The lowest BCUT2D eigenvalue weighted by Crippen LogP contribution is -2.42. The van der Waals surface area contributed by atoms with Crippen LogP contribution in [-0.4, -0.2) is 48.9 Å². The van der Waals surface area contributed by atoms with Crippen molar-refractivity contribution in [1.82, 2.24) is 0 Å². The van der Waals surface area contributed by atoms with E-state index < -0.39 is 18.9 Å². The van der Waals surface area contributed by atoms with E-state index >= 15 is 0 Å². The molecule has 0 fully saturated rings. The number of unbranched alkanes of at least 4 members (excludes halogenated alkanes) is 1. The van der Waals surface area contributed by atoms with Crippen molar-refractivity contribution in [1.29, 1.82) is 0 Å². The van der Waals surface area contributed by atoms with Gasteiger partial charge < -0.3 is 13.3 Å². The van der Waals surface area contributed by atoms with Crippen LogP contribution in [0, 0.1) is 0 Å². The highest BCUT2D eigenvalue weighted by Gasteiger charge is 2.36. The first-order valence-corrected chi connectivity index (χ1v) is 8.04. The smallest absolute Gasteiger partial charge is 0.377 e. The van der Waals surface area contributed by atoms with Gasteiger partial charge in [0.05, 0.1) is 5.75 Å². The summed E-state index contributed by atoms with van der Waals surface area (Å²) in [6, 6.07) is 0.534. The molecule has 0 aromatic carbocycles. The Morgan fingerprint density at radius 3 is 1.87 bits per heavy atom. The van der Waals surface area contributed by atoms with Crippen molar-refractivity contribution in [3.05, 3.63) is 0 Å². The van der Waals surface area contributed by atoms with E-state index in [1.165, 1.54) is 21.3 Å². The summed E-state index contributed by atoms with van der Waals surface area (Å²) in [5, 5.41) is 0. The molecule has 0 bridgehead atoms. The number of hydrogen-bond donors (Lipinski definition) is 1. The fourth-order valence-electron chi connectivity index (χ4n) is 1.18. The van der Waals surface area contributed by atoms with Crippen LogP contribution in [0.4, 0.5) is 0 Å². The summed E-state index contributed by atoms with van der Waals surface area (Å²) in [5.74, 6) is -0.241. The van der Waals surface area contributed by atoms with Crippen LogP contribution in [0.2, 0.25) is 6.04 Å². The predicted octanol–water partition coefficient (Wildman–Crippen LogP) is 0.532. The molecule has 0 unspecified atom stereocenters. The van der Waals surface area contributed by atoms with Gasteiger partial charge in [-0.05, 0) is 12.8 Å². The minimum Gasteiger partial charge on any atom is -0.377 e. The van der Waals surface area contributed by atoms with E-state index in [9.17, 15) is 8.42 Å². The van der Waals surface area contributed by atoms with E-state index in [1.54, 1.807) is 0 Å². The van der Waals surface area contributed by atoms with E-state index in [-0.39, 0.29) is 5.75 Å². The lowest BCUT2D eigenvalue weighted by Gasteiger charge is -2.24. The van der Waals surface area contributed by atoms with Gasteiger partial charge in [0.25, 0.3) is 10.1 Å². The zero-order chi connectivity index (χ0) is 11.9. The second-order valence-corrected chi connectivity index (χ2v) is 7.70. The zero-order valence-corrected chi connectivity index (χ0v) is 11.0. The van der Waals surface area contributed by atoms with Gasteiger partial charge in [0, 0.05) is 27.4 Å². The van der Waals surface area contributed by atoms with E-state index in [0.717, 1.165) is 0 Å². The van der Waals surface area contributed by atoms with Crippen molar-refractivity contribution in [3.63, 3.8) is 0 Å². The topological polar surface area (TPSA) is 82.1 Å². The van der Waals surface area contributed by atoms with Crippen LogP contribution < -0.4 is 0 Å². The number of rotatable bonds is 8. The van der Waals surface area contributed by atoms with Gasteiger partial charge in [-0.1, -0.05) is 0 Å². The second-order valence-electron chi connectivity index (χ2n) is 3.04. The SMILES string of the molecule is CO[Si](CCCCS(=O)(=O)O)(OC)OC. The highest BCUT2D eigenvalue weighted by Crippen LogP contribution is 2.16. The Bertz CT molecular complexity index is 252. The van der Waals surface area contributed by atoms with Crippen LogP contribution in [0.15, 0.2) is 0 Å². The minimum atomic E-state index is -3.87. The largest absolute Gasteiger partial charge is 0.500 e. The summed E-state index contributed by atoms with van der Waals surface area (Å²) in [6.45, 7) is 0. The molecule has 0 aliphatic carbocycles. The Hall–Kier alpha value is 0.00688. The van der Waals surface area contributed by atoms with Crippen molar-refractivity contribution in [2.24, 2.45) is 0 Å². The maximum atomic E-state index is 10.4. The normalized spacial score (nSPS) is 13.1. The van der Waals surface area contributed by atoms with Gasteiger partial charge in [0.15, 0.2) is 0 Å². The van der Waals surface area contributed by atoms with Crippen molar-refractivity contribution >= 4 is 18.9 Å². The highest BCUT2D eigenvalue weighted by molar-refractivity contribution is 7.85. The Balaban J connectivity index is 3.92. The summed E-state index contributed by atoms with van der Waals surface area (Å²) in [6.07, 6.45) is 0.936. The molecular weight excluding hydrogens is 240 g/mol. The van der Waals surface area contributed by atoms with Crippen LogP contribution in [-0.2, 0) is 23.4 Å². The van der Waals surface area contributed by atoms with Crippen LogP contribution in [0.5, 0.6) is 0 Å². The summed E-state index contributed by atoms with van der Waals surface area (Å²) in [5.41, 5.74) is 0. The third kappa shape index (κ3) is 6.23. The molecule has 0 aliphatic heterocycles. The van der Waals surface area contributed by atoms with Crippen molar-refractivity contribution in [3.8, 4) is 0 Å². The molecule has 0 amide bonds. The Kier molecular flexibility index (Phi) is 6.56. The average Bonchev–Trinajstić information content (AvgIpc) is 2.18. The van der Waals surface area contributed by atoms with Gasteiger partial charge in [0.1, 0.15) is 0 Å². The lowest BCUT2D eigenvalue weighted by molar-refractivity contribution is 0.123. The van der Waals surface area contributed by atoms with Crippen molar-refractivity contribution in [2.75, 3.05) is 27.1 Å². The van der Waals surface area contributed by atoms with Crippen LogP contribution in [0.1, 0.15) is 12.8 Å². The molecule has 0 radical (unpaired) electrons. The molecule has 0 rings (SSSR count). The van der Waals surface area contributed by atoms with Crippen LogP contribution in [0.3, 0.4) is 0 Å². The van der Waals surface area contributed by atoms with Crippen LogP contribution in [0.25, 0.3) is 0 Å². The molecule has 0 aliphatic rings. The molecule has 0 atom stereocenters. The molecule has 6 nitrogen and oxygen atoms in total. The van der Waals surface area contributed by atoms with Gasteiger partial charge in [-0.25, -0.2) is 0 Å². The molecular formula is C7H18O6SSi. The number of hydrogen-bond acceptors (Lipinski definition) is 5. The average molecular weight is 258 g/mol. The molecule has 0 heterocycles. The molecule has 0 saturated heterocycles. The summed E-state index contributed by atoms with van der Waals surface area (Å²) in [7, 11) is -1.95. The summed E-state index contributed by atoms with van der Waals surface area (Å²) < 4.78 is 44.8. The quantitative estimate of drug-likeness (QED) is 0.388. The standard InChI is InChI=1S/C7H18O6SSi/c1-11-15(12-2,13-3)7-5-4-6-14(8,9)10/h4-7H2,1-3H3,(H,8,9,10).